The Morgan fingerprint density at radius 2 is 2.00 bits per heavy atom. The van der Waals surface area contributed by atoms with Crippen LogP contribution in [0.25, 0.3) is 0 Å². The maximum Gasteiger partial charge on any atom is 0.226 e. The molecule has 1 saturated carbocycles. The fourth-order valence-electron chi connectivity index (χ4n) is 1.75. The third-order valence-electron chi connectivity index (χ3n) is 2.95. The van der Waals surface area contributed by atoms with Crippen LogP contribution in [0.5, 0.6) is 0 Å². The lowest BCUT2D eigenvalue weighted by atomic mass is 10.1. The zero-order valence-electron chi connectivity index (χ0n) is 9.67. The molecule has 7 heteroatoms. The third kappa shape index (κ3) is 3.16. The van der Waals surface area contributed by atoms with Crippen LogP contribution in [0.2, 0.25) is 0 Å². The van der Waals surface area contributed by atoms with Crippen molar-refractivity contribution in [1.29, 1.82) is 0 Å². The van der Waals surface area contributed by atoms with Crippen LogP contribution >= 0.6 is 23.2 Å². The van der Waals surface area contributed by atoms with Gasteiger partial charge in [-0.1, -0.05) is 6.07 Å². The molecular weight excluding hydrogens is 299 g/mol. The molecule has 1 aromatic rings. The summed E-state index contributed by atoms with van der Waals surface area (Å²) in [6.07, 6.45) is -1.14. The van der Waals surface area contributed by atoms with Crippen LogP contribution in [-0.2, 0) is 4.79 Å². The van der Waals surface area contributed by atoms with Crippen molar-refractivity contribution in [3.05, 3.63) is 35.4 Å². The van der Waals surface area contributed by atoms with E-state index in [4.69, 9.17) is 23.2 Å². The van der Waals surface area contributed by atoms with E-state index in [1.54, 1.807) is 0 Å². The molecule has 1 aliphatic carbocycles. The number of aliphatic hydroxyl groups excluding tert-OH is 1. The Kier molecular flexibility index (Phi) is 3.99. The van der Waals surface area contributed by atoms with Crippen LogP contribution in [0.1, 0.15) is 18.1 Å². The summed E-state index contributed by atoms with van der Waals surface area (Å²) in [5, 5.41) is 12.1. The van der Waals surface area contributed by atoms with Crippen LogP contribution in [0.4, 0.5) is 8.78 Å². The molecular formula is C12H11Cl2F2NO2. The maximum absolute atomic E-state index is 13.4. The summed E-state index contributed by atoms with van der Waals surface area (Å²) < 4.78 is 25.7. The number of aliphatic hydroxyl groups is 1. The summed E-state index contributed by atoms with van der Waals surface area (Å²) in [5.41, 5.74) is -0.471. The molecule has 104 valence electrons. The average molecular weight is 310 g/mol. The van der Waals surface area contributed by atoms with Gasteiger partial charge in [0, 0.05) is 6.54 Å². The van der Waals surface area contributed by atoms with Crippen LogP contribution in [0, 0.1) is 17.6 Å². The van der Waals surface area contributed by atoms with E-state index in [9.17, 15) is 18.7 Å². The second-order valence-electron chi connectivity index (χ2n) is 4.41. The van der Waals surface area contributed by atoms with Gasteiger partial charge in [0.1, 0.15) is 22.1 Å². The molecule has 2 atom stereocenters. The summed E-state index contributed by atoms with van der Waals surface area (Å²) in [6, 6.07) is 3.26. The van der Waals surface area contributed by atoms with E-state index in [0.717, 1.165) is 12.1 Å². The number of nitrogens with one attached hydrogen (secondary N) is 1. The Bertz CT molecular complexity index is 490. The second-order valence-corrected chi connectivity index (χ2v) is 5.96. The minimum absolute atomic E-state index is 0.308. The predicted octanol–water partition coefficient (Wildman–Crippen LogP) is 2.31. The average Bonchev–Trinajstić information content (AvgIpc) is 2.95. The van der Waals surface area contributed by atoms with Crippen molar-refractivity contribution in [2.24, 2.45) is 5.92 Å². The van der Waals surface area contributed by atoms with Crippen molar-refractivity contribution in [2.45, 2.75) is 16.9 Å². The maximum atomic E-state index is 13.4. The third-order valence-corrected chi connectivity index (χ3v) is 3.78. The summed E-state index contributed by atoms with van der Waals surface area (Å²) in [5.74, 6) is -2.72. The Balaban J connectivity index is 1.95. The molecule has 0 radical (unpaired) electrons. The molecule has 0 aromatic heterocycles. The predicted molar refractivity (Wildman–Crippen MR) is 66.9 cm³/mol. The Labute approximate surface area is 118 Å². The highest BCUT2D eigenvalue weighted by molar-refractivity contribution is 6.52. The van der Waals surface area contributed by atoms with Gasteiger partial charge in [-0.3, -0.25) is 4.79 Å². The van der Waals surface area contributed by atoms with Gasteiger partial charge in [-0.15, -0.1) is 23.2 Å². The molecule has 0 aliphatic heterocycles. The quantitative estimate of drug-likeness (QED) is 0.839. The zero-order valence-corrected chi connectivity index (χ0v) is 11.2. The molecule has 0 spiro atoms. The molecule has 3 nitrogen and oxygen atoms in total. The number of amides is 1. The van der Waals surface area contributed by atoms with Gasteiger partial charge < -0.3 is 10.4 Å². The van der Waals surface area contributed by atoms with Gasteiger partial charge in [-0.25, -0.2) is 8.78 Å². The normalized spacial score (nSPS) is 21.8. The summed E-state index contributed by atoms with van der Waals surface area (Å²) in [4.78, 5) is 11.5. The molecule has 1 amide bonds. The molecule has 19 heavy (non-hydrogen) atoms. The standard InChI is InChI=1S/C12H11Cl2F2NO2/c13-12(14)4-6(12)11(19)17-5-9(18)10-7(15)2-1-3-8(10)16/h1-3,6,9,18H,4-5H2,(H,17,19). The van der Waals surface area contributed by atoms with Crippen LogP contribution < -0.4 is 5.32 Å². The molecule has 2 rings (SSSR count). The van der Waals surface area contributed by atoms with Gasteiger partial charge >= 0.3 is 0 Å². The largest absolute Gasteiger partial charge is 0.386 e. The van der Waals surface area contributed by atoms with Crippen molar-refractivity contribution in [2.75, 3.05) is 6.54 Å². The number of benzene rings is 1. The highest BCUT2D eigenvalue weighted by atomic mass is 35.5. The minimum atomic E-state index is -1.47. The van der Waals surface area contributed by atoms with Crippen molar-refractivity contribution in [3.8, 4) is 0 Å². The smallest absolute Gasteiger partial charge is 0.226 e. The molecule has 1 aliphatic rings. The number of carbonyl (C=O) groups is 1. The van der Waals surface area contributed by atoms with Gasteiger partial charge in [0.15, 0.2) is 0 Å². The number of alkyl halides is 2. The van der Waals surface area contributed by atoms with Crippen LogP contribution in [0.15, 0.2) is 18.2 Å². The first-order chi connectivity index (χ1) is 8.83. The highest BCUT2D eigenvalue weighted by Gasteiger charge is 2.56. The molecule has 2 N–H and O–H groups in total. The summed E-state index contributed by atoms with van der Waals surface area (Å²) in [7, 11) is 0. The second kappa shape index (κ2) is 5.23. The monoisotopic (exact) mass is 309 g/mol. The van der Waals surface area contributed by atoms with Gasteiger partial charge in [-0.05, 0) is 18.6 Å². The van der Waals surface area contributed by atoms with Gasteiger partial charge in [0.25, 0.3) is 0 Å². The summed E-state index contributed by atoms with van der Waals surface area (Å²) in [6.45, 7) is -0.308. The number of hydrogen-bond acceptors (Lipinski definition) is 2. The topological polar surface area (TPSA) is 49.3 Å². The van der Waals surface area contributed by atoms with Gasteiger partial charge in [0.05, 0.1) is 11.5 Å². The van der Waals surface area contributed by atoms with E-state index in [1.165, 1.54) is 6.07 Å². The Morgan fingerprint density at radius 3 is 2.47 bits per heavy atom. The highest BCUT2D eigenvalue weighted by Crippen LogP contribution is 2.53. The van der Waals surface area contributed by atoms with Crippen molar-refractivity contribution in [3.63, 3.8) is 0 Å². The lowest BCUT2D eigenvalue weighted by molar-refractivity contribution is -0.122. The van der Waals surface area contributed by atoms with Crippen molar-refractivity contribution < 1.29 is 18.7 Å². The summed E-state index contributed by atoms with van der Waals surface area (Å²) >= 11 is 11.4. The molecule has 0 bridgehead atoms. The zero-order chi connectivity index (χ0) is 14.2. The molecule has 2 unspecified atom stereocenters. The van der Waals surface area contributed by atoms with E-state index >= 15 is 0 Å². The van der Waals surface area contributed by atoms with Crippen molar-refractivity contribution >= 4 is 29.1 Å². The lowest BCUT2D eigenvalue weighted by Gasteiger charge is -2.14. The van der Waals surface area contributed by atoms with E-state index < -0.39 is 39.5 Å². The van der Waals surface area contributed by atoms with Crippen LogP contribution in [0.3, 0.4) is 0 Å². The number of carbonyl (C=O) groups excluding carboxylic acids is 1. The first-order valence-corrected chi connectivity index (χ1v) is 6.36. The number of halogens is 4. The van der Waals surface area contributed by atoms with E-state index in [2.05, 4.69) is 5.32 Å². The van der Waals surface area contributed by atoms with E-state index in [1.807, 2.05) is 0 Å². The lowest BCUT2D eigenvalue weighted by Crippen LogP contribution is -2.31. The van der Waals surface area contributed by atoms with E-state index in [0.29, 0.717) is 6.42 Å². The first kappa shape index (κ1) is 14.5. The molecule has 1 aromatic carbocycles. The van der Waals surface area contributed by atoms with Gasteiger partial charge in [0.2, 0.25) is 5.91 Å². The van der Waals surface area contributed by atoms with Crippen LogP contribution in [-0.4, -0.2) is 21.9 Å². The van der Waals surface area contributed by atoms with E-state index in [-0.39, 0.29) is 6.54 Å². The Morgan fingerprint density at radius 1 is 1.47 bits per heavy atom. The Hall–Kier alpha value is -0.910. The minimum Gasteiger partial charge on any atom is -0.386 e. The molecule has 0 saturated heterocycles. The molecule has 0 heterocycles. The number of hydrogen-bond donors (Lipinski definition) is 2. The number of rotatable bonds is 4. The fraction of sp³-hybridized carbons (Fsp3) is 0.417. The molecule has 1 fully saturated rings. The van der Waals surface area contributed by atoms with Crippen molar-refractivity contribution in [1.82, 2.24) is 5.32 Å². The van der Waals surface area contributed by atoms with Gasteiger partial charge in [-0.2, -0.15) is 0 Å². The fourth-order valence-corrected chi connectivity index (χ4v) is 2.26. The SMILES string of the molecule is O=C(NCC(O)c1c(F)cccc1F)C1CC1(Cl)Cl. The first-order valence-electron chi connectivity index (χ1n) is 5.60.